The van der Waals surface area contributed by atoms with Gasteiger partial charge in [-0.05, 0) is 61.0 Å². The highest BCUT2D eigenvalue weighted by Crippen LogP contribution is 2.23. The molecule has 0 atom stereocenters. The zero-order valence-electron chi connectivity index (χ0n) is 16.9. The van der Waals surface area contributed by atoms with Crippen LogP contribution in [0.1, 0.15) is 5.56 Å². The molecule has 0 unspecified atom stereocenters. The Morgan fingerprint density at radius 2 is 1.77 bits per heavy atom. The summed E-state index contributed by atoms with van der Waals surface area (Å²) in [6.45, 7) is 1.90. The molecule has 0 fully saturated rings. The van der Waals surface area contributed by atoms with Gasteiger partial charge in [0, 0.05) is 29.8 Å². The van der Waals surface area contributed by atoms with Gasteiger partial charge in [-0.15, -0.1) is 10.2 Å². The number of rotatable bonds is 6. The lowest BCUT2D eigenvalue weighted by atomic mass is 10.2. The van der Waals surface area contributed by atoms with E-state index in [4.69, 9.17) is 9.47 Å². The Bertz CT molecular complexity index is 1160. The Labute approximate surface area is 178 Å². The summed E-state index contributed by atoms with van der Waals surface area (Å²) in [5.41, 5.74) is 2.23. The summed E-state index contributed by atoms with van der Waals surface area (Å²) in [6, 6.07) is 15.6. The van der Waals surface area contributed by atoms with E-state index in [2.05, 4.69) is 25.8 Å². The number of urea groups is 1. The predicted molar refractivity (Wildman–Crippen MR) is 116 cm³/mol. The number of hydrogen-bond acceptors (Lipinski definition) is 6. The van der Waals surface area contributed by atoms with Gasteiger partial charge < -0.3 is 20.1 Å². The second-order valence-corrected chi connectivity index (χ2v) is 6.59. The maximum absolute atomic E-state index is 12.3. The Hall–Kier alpha value is -4.40. The summed E-state index contributed by atoms with van der Waals surface area (Å²) in [7, 11) is 1.60. The molecule has 2 heterocycles. The lowest BCUT2D eigenvalue weighted by molar-refractivity contribution is 0.262. The molecular weight excluding hydrogens is 396 g/mol. The highest BCUT2D eigenvalue weighted by Gasteiger charge is 2.07. The highest BCUT2D eigenvalue weighted by molar-refractivity contribution is 6.00. The molecule has 9 heteroatoms. The topological polar surface area (TPSA) is 103 Å². The van der Waals surface area contributed by atoms with Gasteiger partial charge in [0.1, 0.15) is 17.8 Å². The van der Waals surface area contributed by atoms with Crippen molar-refractivity contribution in [2.75, 3.05) is 17.7 Å². The van der Waals surface area contributed by atoms with Gasteiger partial charge in [0.05, 0.1) is 7.11 Å². The zero-order chi connectivity index (χ0) is 21.6. The summed E-state index contributed by atoms with van der Waals surface area (Å²) in [5.74, 6) is 2.31. The molecule has 2 aromatic heterocycles. The molecule has 0 aliphatic heterocycles. The molecule has 31 heavy (non-hydrogen) atoms. The number of carbonyl (C=O) groups is 1. The maximum atomic E-state index is 12.3. The standard InChI is InChI=1S/C22H20N6O3/c1-15-13-18(30-2)7-8-19(15)25-22(29)24-16-3-5-17(6-4-16)31-21-10-9-20(26-27-21)28-12-11-23-14-28/h3-14H,1-2H3,(H2,24,25,29). The first-order valence-corrected chi connectivity index (χ1v) is 9.43. The average Bonchev–Trinajstić information content (AvgIpc) is 3.32. The van der Waals surface area contributed by atoms with Crippen LogP contribution in [0.15, 0.2) is 73.3 Å². The lowest BCUT2D eigenvalue weighted by Crippen LogP contribution is -2.19. The van der Waals surface area contributed by atoms with E-state index in [9.17, 15) is 4.79 Å². The summed E-state index contributed by atoms with van der Waals surface area (Å²) >= 11 is 0. The van der Waals surface area contributed by atoms with E-state index in [0.717, 1.165) is 11.3 Å². The molecular formula is C22H20N6O3. The van der Waals surface area contributed by atoms with Gasteiger partial charge in [0.2, 0.25) is 5.88 Å². The van der Waals surface area contributed by atoms with Crippen molar-refractivity contribution in [3.05, 3.63) is 78.9 Å². The fourth-order valence-corrected chi connectivity index (χ4v) is 2.81. The van der Waals surface area contributed by atoms with Crippen molar-refractivity contribution in [2.45, 2.75) is 6.92 Å². The fourth-order valence-electron chi connectivity index (χ4n) is 2.81. The zero-order valence-corrected chi connectivity index (χ0v) is 16.9. The molecule has 0 saturated heterocycles. The molecule has 4 aromatic rings. The van der Waals surface area contributed by atoms with Crippen LogP contribution in [-0.4, -0.2) is 32.9 Å². The van der Waals surface area contributed by atoms with Gasteiger partial charge in [-0.1, -0.05) is 0 Å². The number of hydrogen-bond donors (Lipinski definition) is 2. The lowest BCUT2D eigenvalue weighted by Gasteiger charge is -2.11. The average molecular weight is 416 g/mol. The highest BCUT2D eigenvalue weighted by atomic mass is 16.5. The number of aryl methyl sites for hydroxylation is 1. The third-order valence-corrected chi connectivity index (χ3v) is 4.41. The van der Waals surface area contributed by atoms with Crippen LogP contribution >= 0.6 is 0 Å². The molecule has 0 aliphatic carbocycles. The van der Waals surface area contributed by atoms with Gasteiger partial charge in [-0.2, -0.15) is 0 Å². The Morgan fingerprint density at radius 3 is 2.42 bits per heavy atom. The molecule has 156 valence electrons. The van der Waals surface area contributed by atoms with Crippen molar-refractivity contribution in [1.29, 1.82) is 0 Å². The number of methoxy groups -OCH3 is 1. The third-order valence-electron chi connectivity index (χ3n) is 4.41. The first-order chi connectivity index (χ1) is 15.1. The Morgan fingerprint density at radius 1 is 0.968 bits per heavy atom. The Balaban J connectivity index is 1.34. The Kier molecular flexibility index (Phi) is 5.75. The van der Waals surface area contributed by atoms with Gasteiger partial charge in [-0.3, -0.25) is 4.57 Å². The van der Waals surface area contributed by atoms with Gasteiger partial charge >= 0.3 is 6.03 Å². The molecule has 2 aromatic carbocycles. The number of nitrogens with zero attached hydrogens (tertiary/aromatic N) is 4. The van der Waals surface area contributed by atoms with E-state index < -0.39 is 0 Å². The molecule has 0 saturated carbocycles. The molecule has 0 radical (unpaired) electrons. The van der Waals surface area contributed by atoms with Crippen LogP contribution in [-0.2, 0) is 0 Å². The maximum Gasteiger partial charge on any atom is 0.323 e. The molecule has 9 nitrogen and oxygen atoms in total. The number of benzene rings is 2. The van der Waals surface area contributed by atoms with Crippen molar-refractivity contribution >= 4 is 17.4 Å². The van der Waals surface area contributed by atoms with Crippen LogP contribution in [0.4, 0.5) is 16.2 Å². The van der Waals surface area contributed by atoms with Crippen LogP contribution in [0.25, 0.3) is 5.82 Å². The van der Waals surface area contributed by atoms with Crippen LogP contribution in [0.5, 0.6) is 17.4 Å². The summed E-state index contributed by atoms with van der Waals surface area (Å²) < 4.78 is 12.6. The first-order valence-electron chi connectivity index (χ1n) is 9.43. The van der Waals surface area contributed by atoms with Crippen LogP contribution in [0, 0.1) is 6.92 Å². The SMILES string of the molecule is COc1ccc(NC(=O)Nc2ccc(Oc3ccc(-n4ccnc4)nn3)cc2)c(C)c1. The minimum absolute atomic E-state index is 0.345. The number of carbonyl (C=O) groups excluding carboxylic acids is 1. The summed E-state index contributed by atoms with van der Waals surface area (Å²) in [4.78, 5) is 16.3. The van der Waals surface area contributed by atoms with Crippen molar-refractivity contribution in [3.8, 4) is 23.2 Å². The van der Waals surface area contributed by atoms with Crippen molar-refractivity contribution in [2.24, 2.45) is 0 Å². The second-order valence-electron chi connectivity index (χ2n) is 6.59. The molecule has 0 spiro atoms. The second kappa shape index (κ2) is 8.95. The smallest absolute Gasteiger partial charge is 0.323 e. The van der Waals surface area contributed by atoms with Crippen molar-refractivity contribution in [1.82, 2.24) is 19.7 Å². The van der Waals surface area contributed by atoms with Gasteiger partial charge in [0.25, 0.3) is 0 Å². The summed E-state index contributed by atoms with van der Waals surface area (Å²) in [6.07, 6.45) is 5.09. The predicted octanol–water partition coefficient (Wildman–Crippen LogP) is 4.42. The van der Waals surface area contributed by atoms with E-state index in [1.165, 1.54) is 0 Å². The number of imidazole rings is 1. The number of ether oxygens (including phenoxy) is 2. The number of amides is 2. The van der Waals surface area contributed by atoms with E-state index in [0.29, 0.717) is 28.8 Å². The van der Waals surface area contributed by atoms with E-state index in [-0.39, 0.29) is 6.03 Å². The molecule has 2 N–H and O–H groups in total. The van der Waals surface area contributed by atoms with Gasteiger partial charge in [0.15, 0.2) is 5.82 Å². The van der Waals surface area contributed by atoms with Crippen molar-refractivity contribution < 1.29 is 14.3 Å². The van der Waals surface area contributed by atoms with Gasteiger partial charge in [-0.25, -0.2) is 9.78 Å². The minimum atomic E-state index is -0.345. The van der Waals surface area contributed by atoms with E-state index >= 15 is 0 Å². The summed E-state index contributed by atoms with van der Waals surface area (Å²) in [5, 5.41) is 13.8. The molecule has 0 aliphatic rings. The minimum Gasteiger partial charge on any atom is -0.497 e. The van der Waals surface area contributed by atoms with Crippen LogP contribution in [0.2, 0.25) is 0 Å². The molecule has 0 bridgehead atoms. The monoisotopic (exact) mass is 416 g/mol. The van der Waals surface area contributed by atoms with Crippen LogP contribution < -0.4 is 20.1 Å². The van der Waals surface area contributed by atoms with Crippen LogP contribution in [0.3, 0.4) is 0 Å². The number of anilines is 2. The largest absolute Gasteiger partial charge is 0.497 e. The quantitative estimate of drug-likeness (QED) is 0.482. The molecule has 2 amide bonds. The number of nitrogens with one attached hydrogen (secondary N) is 2. The molecule has 4 rings (SSSR count). The first kappa shape index (κ1) is 19.9. The number of aromatic nitrogens is 4. The third kappa shape index (κ3) is 4.96. The van der Waals surface area contributed by atoms with Crippen molar-refractivity contribution in [3.63, 3.8) is 0 Å². The van der Waals surface area contributed by atoms with E-state index in [1.54, 1.807) is 78.9 Å². The normalized spacial score (nSPS) is 10.4. The van der Waals surface area contributed by atoms with E-state index in [1.807, 2.05) is 13.0 Å². The fraction of sp³-hybridized carbons (Fsp3) is 0.0909.